The molecule has 2 heterocycles. The molecule has 6 nitrogen and oxygen atoms in total. The predicted molar refractivity (Wildman–Crippen MR) is 104 cm³/mol. The molecule has 2 aromatic rings. The number of amides is 1. The lowest BCUT2D eigenvalue weighted by Crippen LogP contribution is -2.36. The Morgan fingerprint density at radius 1 is 1.30 bits per heavy atom. The van der Waals surface area contributed by atoms with Gasteiger partial charge in [-0.3, -0.25) is 9.59 Å². The van der Waals surface area contributed by atoms with Crippen LogP contribution >= 0.6 is 22.9 Å². The number of nitrogens with zero attached hydrogens (tertiary/aromatic N) is 2. The number of aromatic hydroxyl groups is 1. The number of phenolic OH excluding ortho intramolecular Hbond substituents is 1. The van der Waals surface area contributed by atoms with Crippen LogP contribution in [0.25, 0.3) is 0 Å². The zero-order chi connectivity index (χ0) is 19.7. The van der Waals surface area contributed by atoms with Crippen molar-refractivity contribution in [2.45, 2.75) is 6.04 Å². The van der Waals surface area contributed by atoms with E-state index < -0.39 is 23.5 Å². The Morgan fingerprint density at radius 3 is 2.63 bits per heavy atom. The quantitative estimate of drug-likeness (QED) is 0.720. The topological polar surface area (TPSA) is 81.1 Å². The summed E-state index contributed by atoms with van der Waals surface area (Å²) in [6, 6.07) is 7.14. The van der Waals surface area contributed by atoms with Gasteiger partial charge in [-0.2, -0.15) is 0 Å². The molecule has 0 aliphatic carbocycles. The van der Waals surface area contributed by atoms with E-state index in [1.807, 2.05) is 19.0 Å². The van der Waals surface area contributed by atoms with E-state index in [-0.39, 0.29) is 16.3 Å². The minimum atomic E-state index is -0.773. The van der Waals surface area contributed by atoms with Crippen LogP contribution in [0.3, 0.4) is 0 Å². The van der Waals surface area contributed by atoms with Crippen LogP contribution in [-0.2, 0) is 4.79 Å². The Hall–Kier alpha value is -2.35. The van der Waals surface area contributed by atoms with Crippen LogP contribution in [0.2, 0.25) is 5.02 Å². The molecule has 2 N–H and O–H groups in total. The van der Waals surface area contributed by atoms with Gasteiger partial charge in [0.2, 0.25) is 5.78 Å². The Balaban J connectivity index is 2.08. The first-order valence-corrected chi connectivity index (χ1v) is 9.52. The Kier molecular flexibility index (Phi) is 5.55. The number of hydrogen-bond donors (Lipinski definition) is 2. The maximum Gasteiger partial charge on any atom is 0.290 e. The fourth-order valence-corrected chi connectivity index (χ4v) is 3.87. The van der Waals surface area contributed by atoms with E-state index in [2.05, 4.69) is 0 Å². The molecule has 0 saturated carbocycles. The fourth-order valence-electron chi connectivity index (χ4n) is 3.00. The lowest BCUT2D eigenvalue weighted by atomic mass is 9.95. The largest absolute Gasteiger partial charge is 0.506 e. The highest BCUT2D eigenvalue weighted by molar-refractivity contribution is 7.12. The fraction of sp³-hybridized carbons (Fsp3) is 0.263. The van der Waals surface area contributed by atoms with Crippen molar-refractivity contribution >= 4 is 34.6 Å². The van der Waals surface area contributed by atoms with E-state index in [1.54, 1.807) is 23.6 Å². The SMILES string of the molecule is CN(C)CCN1C(=O)C(O)=C(C(=O)c2cccs2)C1c1ccc(O)c(Cl)c1. The molecule has 0 radical (unpaired) electrons. The third kappa shape index (κ3) is 3.71. The second-order valence-corrected chi connectivity index (χ2v) is 7.84. The number of carbonyl (C=O) groups is 2. The summed E-state index contributed by atoms with van der Waals surface area (Å²) < 4.78 is 0. The molecule has 1 aliphatic rings. The van der Waals surface area contributed by atoms with Crippen molar-refractivity contribution in [1.82, 2.24) is 9.80 Å². The molecule has 1 amide bonds. The van der Waals surface area contributed by atoms with Crippen LogP contribution in [0.5, 0.6) is 5.75 Å². The summed E-state index contributed by atoms with van der Waals surface area (Å²) in [6.45, 7) is 0.877. The molecular weight excluding hydrogens is 388 g/mol. The highest BCUT2D eigenvalue weighted by Crippen LogP contribution is 2.41. The minimum absolute atomic E-state index is 0.0305. The van der Waals surface area contributed by atoms with Gasteiger partial charge in [-0.1, -0.05) is 23.7 Å². The summed E-state index contributed by atoms with van der Waals surface area (Å²) in [5, 5.41) is 22.1. The van der Waals surface area contributed by atoms with E-state index in [0.717, 1.165) is 0 Å². The number of halogens is 1. The normalized spacial score (nSPS) is 17.3. The Labute approximate surface area is 165 Å². The van der Waals surface area contributed by atoms with Crippen LogP contribution in [0, 0.1) is 0 Å². The van der Waals surface area contributed by atoms with Crippen LogP contribution in [-0.4, -0.2) is 58.9 Å². The first kappa shape index (κ1) is 19.4. The summed E-state index contributed by atoms with van der Waals surface area (Å²) in [5.74, 6) is -1.62. The third-order valence-corrected chi connectivity index (χ3v) is 5.54. The number of benzene rings is 1. The second kappa shape index (κ2) is 7.72. The van der Waals surface area contributed by atoms with E-state index in [1.165, 1.54) is 28.4 Å². The van der Waals surface area contributed by atoms with Gasteiger partial charge in [0, 0.05) is 13.1 Å². The van der Waals surface area contributed by atoms with Crippen LogP contribution in [0.4, 0.5) is 0 Å². The van der Waals surface area contributed by atoms with Gasteiger partial charge in [0.1, 0.15) is 5.75 Å². The molecule has 1 aromatic carbocycles. The van der Waals surface area contributed by atoms with Gasteiger partial charge < -0.3 is 20.0 Å². The molecule has 1 unspecified atom stereocenters. The zero-order valence-electron chi connectivity index (χ0n) is 14.8. The maximum atomic E-state index is 13.0. The van der Waals surface area contributed by atoms with Crippen molar-refractivity contribution in [3.63, 3.8) is 0 Å². The maximum absolute atomic E-state index is 13.0. The average Bonchev–Trinajstić information content (AvgIpc) is 3.24. The van der Waals surface area contributed by atoms with Gasteiger partial charge >= 0.3 is 0 Å². The highest BCUT2D eigenvalue weighted by Gasteiger charge is 2.43. The number of ketones is 1. The van der Waals surface area contributed by atoms with E-state index >= 15 is 0 Å². The molecule has 0 fully saturated rings. The van der Waals surface area contributed by atoms with Gasteiger partial charge in [0.05, 0.1) is 21.5 Å². The van der Waals surface area contributed by atoms with Gasteiger partial charge in [0.15, 0.2) is 5.76 Å². The van der Waals surface area contributed by atoms with E-state index in [9.17, 15) is 19.8 Å². The number of phenols is 1. The molecule has 27 heavy (non-hydrogen) atoms. The van der Waals surface area contributed by atoms with Crippen LogP contribution in [0.15, 0.2) is 47.0 Å². The predicted octanol–water partition coefficient (Wildman–Crippen LogP) is 3.25. The average molecular weight is 407 g/mol. The lowest BCUT2D eigenvalue weighted by molar-refractivity contribution is -0.129. The third-order valence-electron chi connectivity index (χ3n) is 4.37. The second-order valence-electron chi connectivity index (χ2n) is 6.48. The van der Waals surface area contributed by atoms with Crippen LogP contribution < -0.4 is 0 Å². The molecule has 0 bridgehead atoms. The minimum Gasteiger partial charge on any atom is -0.506 e. The van der Waals surface area contributed by atoms with E-state index in [4.69, 9.17) is 11.6 Å². The molecule has 0 saturated heterocycles. The van der Waals surface area contributed by atoms with Gasteiger partial charge in [-0.15, -0.1) is 11.3 Å². The molecule has 3 rings (SSSR count). The summed E-state index contributed by atoms with van der Waals surface area (Å²) >= 11 is 7.29. The summed E-state index contributed by atoms with van der Waals surface area (Å²) in [5.41, 5.74) is 0.580. The summed E-state index contributed by atoms with van der Waals surface area (Å²) in [6.07, 6.45) is 0. The monoisotopic (exact) mass is 406 g/mol. The van der Waals surface area contributed by atoms with Crippen molar-refractivity contribution in [3.8, 4) is 5.75 Å². The number of aliphatic hydroxyl groups excluding tert-OH is 1. The number of rotatable bonds is 6. The lowest BCUT2D eigenvalue weighted by Gasteiger charge is -2.28. The first-order valence-electron chi connectivity index (χ1n) is 8.26. The Bertz CT molecular complexity index is 908. The number of aliphatic hydroxyl groups is 1. The van der Waals surface area contributed by atoms with Crippen molar-refractivity contribution in [1.29, 1.82) is 0 Å². The molecule has 1 atom stereocenters. The number of thiophene rings is 1. The van der Waals surface area contributed by atoms with Gasteiger partial charge in [0.25, 0.3) is 5.91 Å². The molecule has 1 aromatic heterocycles. The van der Waals surface area contributed by atoms with E-state index in [0.29, 0.717) is 23.5 Å². The van der Waals surface area contributed by atoms with Crippen molar-refractivity contribution in [2.24, 2.45) is 0 Å². The smallest absolute Gasteiger partial charge is 0.290 e. The number of likely N-dealkylation sites (N-methyl/N-ethyl adjacent to an activating group) is 1. The molecule has 1 aliphatic heterocycles. The van der Waals surface area contributed by atoms with Crippen LogP contribution in [0.1, 0.15) is 21.3 Å². The standard InChI is InChI=1S/C19H19ClN2O4S/c1-21(2)7-8-22-16(11-5-6-13(23)12(20)10-11)15(18(25)19(22)26)17(24)14-4-3-9-27-14/h3-6,9-10,16,23,25H,7-8H2,1-2H3. The molecule has 8 heteroatoms. The van der Waals surface area contributed by atoms with Crippen molar-refractivity contribution < 1.29 is 19.8 Å². The summed E-state index contributed by atoms with van der Waals surface area (Å²) in [7, 11) is 3.75. The molecule has 142 valence electrons. The highest BCUT2D eigenvalue weighted by atomic mass is 35.5. The number of carbonyl (C=O) groups excluding carboxylic acids is 2. The van der Waals surface area contributed by atoms with Gasteiger partial charge in [-0.05, 0) is 43.2 Å². The number of hydrogen-bond acceptors (Lipinski definition) is 6. The molecular formula is C19H19ClN2O4S. The van der Waals surface area contributed by atoms with Crippen molar-refractivity contribution in [2.75, 3.05) is 27.2 Å². The zero-order valence-corrected chi connectivity index (χ0v) is 16.4. The molecule has 0 spiro atoms. The Morgan fingerprint density at radius 2 is 2.04 bits per heavy atom. The van der Waals surface area contributed by atoms with Gasteiger partial charge in [-0.25, -0.2) is 0 Å². The van der Waals surface area contributed by atoms with Crippen molar-refractivity contribution in [3.05, 3.63) is 62.5 Å². The first-order chi connectivity index (χ1) is 12.8. The number of Topliss-reactive ketones (excluding diaryl/α,β-unsaturated/α-hetero) is 1. The summed E-state index contributed by atoms with van der Waals surface area (Å²) in [4.78, 5) is 29.5.